The van der Waals surface area contributed by atoms with Crippen molar-refractivity contribution in [2.45, 2.75) is 19.9 Å². The number of aromatic amines is 2. The molecular weight excluding hydrogens is 416 g/mol. The molecule has 2 aromatic heterocycles. The second kappa shape index (κ2) is 8.71. The van der Waals surface area contributed by atoms with E-state index in [1.54, 1.807) is 0 Å². The third-order valence-electron chi connectivity index (χ3n) is 6.33. The van der Waals surface area contributed by atoms with E-state index in [4.69, 9.17) is 0 Å². The minimum atomic E-state index is -0.0888. The van der Waals surface area contributed by atoms with Crippen LogP contribution < -0.4 is 5.32 Å². The lowest BCUT2D eigenvalue weighted by Gasteiger charge is -2.19. The molecule has 2 amide bonds. The fraction of sp³-hybridized carbons (Fsp3) is 0.320. The highest BCUT2D eigenvalue weighted by molar-refractivity contribution is 6.01. The van der Waals surface area contributed by atoms with Crippen molar-refractivity contribution in [1.82, 2.24) is 30.3 Å². The van der Waals surface area contributed by atoms with E-state index in [-0.39, 0.29) is 11.8 Å². The second-order valence-electron chi connectivity index (χ2n) is 8.64. The number of carbonyl (C=O) groups is 2. The lowest BCUT2D eigenvalue weighted by atomic mass is 10.1. The number of hydrogen-bond acceptors (Lipinski definition) is 4. The summed E-state index contributed by atoms with van der Waals surface area (Å²) >= 11 is 0. The Hall–Kier alpha value is -3.65. The molecule has 0 aliphatic carbocycles. The number of carbonyl (C=O) groups excluding carboxylic acids is 2. The molecule has 2 aromatic carbocycles. The normalized spacial score (nSPS) is 15.3. The van der Waals surface area contributed by atoms with Crippen LogP contribution in [0, 0.1) is 0 Å². The van der Waals surface area contributed by atoms with Crippen LogP contribution in [0.1, 0.15) is 29.3 Å². The summed E-state index contributed by atoms with van der Waals surface area (Å²) < 4.78 is 0. The Morgan fingerprint density at radius 3 is 2.82 bits per heavy atom. The first kappa shape index (κ1) is 21.2. The first-order valence-corrected chi connectivity index (χ1v) is 11.4. The van der Waals surface area contributed by atoms with Crippen molar-refractivity contribution in [3.05, 3.63) is 53.6 Å². The molecule has 0 saturated carbocycles. The number of aromatic nitrogens is 3. The monoisotopic (exact) mass is 444 g/mol. The van der Waals surface area contributed by atoms with E-state index in [1.165, 1.54) is 5.56 Å². The molecule has 0 bridgehead atoms. The molecule has 4 aromatic rings. The van der Waals surface area contributed by atoms with E-state index in [0.717, 1.165) is 59.4 Å². The number of nitrogens with one attached hydrogen (secondary N) is 3. The molecule has 0 atom stereocenters. The maximum atomic E-state index is 12.1. The van der Waals surface area contributed by atoms with Gasteiger partial charge in [0.05, 0.1) is 11.2 Å². The van der Waals surface area contributed by atoms with Crippen LogP contribution in [-0.4, -0.2) is 70.0 Å². The van der Waals surface area contributed by atoms with Crippen LogP contribution in [0.25, 0.3) is 33.2 Å². The summed E-state index contributed by atoms with van der Waals surface area (Å²) in [5, 5.41) is 12.5. The Labute approximate surface area is 191 Å². The van der Waals surface area contributed by atoms with Gasteiger partial charge in [-0.15, -0.1) is 0 Å². The molecular formula is C25H28N6O2. The maximum absolute atomic E-state index is 12.1. The topological polar surface area (TPSA) is 97.1 Å². The van der Waals surface area contributed by atoms with Crippen LogP contribution in [0.15, 0.2) is 42.5 Å². The van der Waals surface area contributed by atoms with Gasteiger partial charge in [0, 0.05) is 68.0 Å². The SMILES string of the molecule is CCNC(=O)c1ccc2c(-c3cc4cc(CN5CCC(=O)N(C)CC5)ccc4[nH]3)n[nH]c2c1. The molecule has 1 aliphatic heterocycles. The van der Waals surface area contributed by atoms with E-state index in [1.807, 2.05) is 37.1 Å². The number of rotatable bonds is 5. The van der Waals surface area contributed by atoms with Crippen LogP contribution in [0.3, 0.4) is 0 Å². The zero-order valence-corrected chi connectivity index (χ0v) is 18.9. The van der Waals surface area contributed by atoms with Crippen molar-refractivity contribution in [3.8, 4) is 11.4 Å². The molecule has 5 rings (SSSR count). The summed E-state index contributed by atoms with van der Waals surface area (Å²) in [6.45, 7) is 5.76. The van der Waals surface area contributed by atoms with Gasteiger partial charge in [-0.3, -0.25) is 19.6 Å². The molecule has 170 valence electrons. The van der Waals surface area contributed by atoms with Crippen LogP contribution in [0.5, 0.6) is 0 Å². The predicted octanol–water partition coefficient (Wildman–Crippen LogP) is 3.13. The van der Waals surface area contributed by atoms with Crippen molar-refractivity contribution < 1.29 is 9.59 Å². The predicted molar refractivity (Wildman–Crippen MR) is 129 cm³/mol. The number of amides is 2. The number of nitrogens with zero attached hydrogens (tertiary/aromatic N) is 3. The highest BCUT2D eigenvalue weighted by Gasteiger charge is 2.18. The average Bonchev–Trinajstić information content (AvgIpc) is 3.39. The van der Waals surface area contributed by atoms with Crippen molar-refractivity contribution in [2.75, 3.05) is 33.2 Å². The minimum Gasteiger partial charge on any atom is -0.353 e. The fourth-order valence-corrected chi connectivity index (χ4v) is 4.43. The summed E-state index contributed by atoms with van der Waals surface area (Å²) in [5.74, 6) is 0.127. The van der Waals surface area contributed by atoms with E-state index < -0.39 is 0 Å². The Bertz CT molecular complexity index is 1340. The van der Waals surface area contributed by atoms with Gasteiger partial charge in [0.1, 0.15) is 5.69 Å². The average molecular weight is 445 g/mol. The quantitative estimate of drug-likeness (QED) is 0.441. The molecule has 0 unspecified atom stereocenters. The fourth-order valence-electron chi connectivity index (χ4n) is 4.43. The minimum absolute atomic E-state index is 0.0888. The molecule has 1 fully saturated rings. The van der Waals surface area contributed by atoms with Gasteiger partial charge in [-0.25, -0.2) is 0 Å². The molecule has 33 heavy (non-hydrogen) atoms. The molecule has 3 N–H and O–H groups in total. The summed E-state index contributed by atoms with van der Waals surface area (Å²) in [4.78, 5) is 31.7. The third-order valence-corrected chi connectivity index (χ3v) is 6.33. The van der Waals surface area contributed by atoms with Crippen molar-refractivity contribution >= 4 is 33.6 Å². The highest BCUT2D eigenvalue weighted by Crippen LogP contribution is 2.29. The first-order chi connectivity index (χ1) is 16.0. The zero-order valence-electron chi connectivity index (χ0n) is 18.9. The number of likely N-dealkylation sites (N-methyl/N-ethyl adjacent to an activating group) is 1. The Balaban J connectivity index is 1.39. The Morgan fingerprint density at radius 2 is 1.97 bits per heavy atom. The lowest BCUT2D eigenvalue weighted by molar-refractivity contribution is -0.129. The van der Waals surface area contributed by atoms with Gasteiger partial charge in [0.2, 0.25) is 5.91 Å². The van der Waals surface area contributed by atoms with Gasteiger partial charge in [-0.1, -0.05) is 6.07 Å². The van der Waals surface area contributed by atoms with Crippen LogP contribution >= 0.6 is 0 Å². The Kier molecular flexibility index (Phi) is 5.60. The summed E-state index contributed by atoms with van der Waals surface area (Å²) in [5.41, 5.74) is 5.48. The van der Waals surface area contributed by atoms with Crippen LogP contribution in [0.2, 0.25) is 0 Å². The molecule has 0 spiro atoms. The van der Waals surface area contributed by atoms with Gasteiger partial charge in [0.25, 0.3) is 5.91 Å². The van der Waals surface area contributed by atoms with Crippen molar-refractivity contribution in [2.24, 2.45) is 0 Å². The first-order valence-electron chi connectivity index (χ1n) is 11.4. The molecule has 1 aliphatic rings. The van der Waals surface area contributed by atoms with Crippen molar-refractivity contribution in [1.29, 1.82) is 0 Å². The van der Waals surface area contributed by atoms with Crippen LogP contribution in [0.4, 0.5) is 0 Å². The van der Waals surface area contributed by atoms with Gasteiger partial charge < -0.3 is 15.2 Å². The summed E-state index contributed by atoms with van der Waals surface area (Å²) in [7, 11) is 1.87. The van der Waals surface area contributed by atoms with Gasteiger partial charge in [-0.2, -0.15) is 5.10 Å². The smallest absolute Gasteiger partial charge is 0.251 e. The molecule has 8 nitrogen and oxygen atoms in total. The maximum Gasteiger partial charge on any atom is 0.251 e. The Morgan fingerprint density at radius 1 is 1.09 bits per heavy atom. The van der Waals surface area contributed by atoms with Gasteiger partial charge >= 0.3 is 0 Å². The van der Waals surface area contributed by atoms with E-state index in [9.17, 15) is 9.59 Å². The third kappa shape index (κ3) is 4.21. The van der Waals surface area contributed by atoms with Crippen LogP contribution in [-0.2, 0) is 11.3 Å². The zero-order chi connectivity index (χ0) is 22.9. The number of benzene rings is 2. The summed E-state index contributed by atoms with van der Waals surface area (Å²) in [6.07, 6.45) is 0.571. The van der Waals surface area contributed by atoms with E-state index >= 15 is 0 Å². The van der Waals surface area contributed by atoms with Gasteiger partial charge in [0.15, 0.2) is 0 Å². The lowest BCUT2D eigenvalue weighted by Crippen LogP contribution is -2.29. The highest BCUT2D eigenvalue weighted by atomic mass is 16.2. The number of hydrogen-bond donors (Lipinski definition) is 3. The second-order valence-corrected chi connectivity index (χ2v) is 8.64. The number of fused-ring (bicyclic) bond motifs is 2. The standard InChI is InChI=1S/C25H28N6O2/c1-3-26-25(33)17-5-6-19-21(13-17)28-29-24(19)22-14-18-12-16(4-7-20(18)27-22)15-31-9-8-23(32)30(2)10-11-31/h4-7,12-14,27H,3,8-11,15H2,1-2H3,(H,26,33)(H,28,29). The van der Waals surface area contributed by atoms with E-state index in [2.05, 4.69) is 49.7 Å². The van der Waals surface area contributed by atoms with Crippen molar-refractivity contribution in [3.63, 3.8) is 0 Å². The summed E-state index contributed by atoms with van der Waals surface area (Å²) in [6, 6.07) is 14.2. The largest absolute Gasteiger partial charge is 0.353 e. The number of H-pyrrole nitrogens is 2. The van der Waals surface area contributed by atoms with E-state index in [0.29, 0.717) is 18.5 Å². The van der Waals surface area contributed by atoms with Gasteiger partial charge in [-0.05, 0) is 48.9 Å². The molecule has 8 heteroatoms. The molecule has 0 radical (unpaired) electrons. The molecule has 1 saturated heterocycles. The molecule has 3 heterocycles.